The zero-order valence-electron chi connectivity index (χ0n) is 16.0. The standard InChI is InChI=1S/C20H25ClN4O3/c1-14-12-24(13-15(2)23-14)17-5-8-20(25(26)27)19(11-17)22-9-10-28-18-6-3-16(21)4-7-18/h3-8,11,14-15,22-23H,9-10,12-13H2,1-2H3/t14-,15+. The van der Waals surface area contributed by atoms with Gasteiger partial charge in [-0.2, -0.15) is 0 Å². The summed E-state index contributed by atoms with van der Waals surface area (Å²) in [5.41, 5.74) is 1.54. The van der Waals surface area contributed by atoms with E-state index < -0.39 is 0 Å². The molecule has 0 amide bonds. The first kappa shape index (κ1) is 20.2. The van der Waals surface area contributed by atoms with E-state index in [1.807, 2.05) is 12.1 Å². The average molecular weight is 405 g/mol. The summed E-state index contributed by atoms with van der Waals surface area (Å²) in [7, 11) is 0. The predicted octanol–water partition coefficient (Wildman–Crippen LogP) is 3.93. The molecule has 2 atom stereocenters. The van der Waals surface area contributed by atoms with Gasteiger partial charge in [-0.15, -0.1) is 0 Å². The Morgan fingerprint density at radius 3 is 2.54 bits per heavy atom. The van der Waals surface area contributed by atoms with Crippen molar-refractivity contribution in [3.63, 3.8) is 0 Å². The highest BCUT2D eigenvalue weighted by Crippen LogP contribution is 2.30. The molecule has 0 unspecified atom stereocenters. The van der Waals surface area contributed by atoms with E-state index >= 15 is 0 Å². The van der Waals surface area contributed by atoms with Crippen LogP contribution in [-0.4, -0.2) is 43.2 Å². The zero-order valence-corrected chi connectivity index (χ0v) is 16.8. The number of anilines is 2. The Hall–Kier alpha value is -2.51. The average Bonchev–Trinajstić information content (AvgIpc) is 2.65. The van der Waals surface area contributed by atoms with Gasteiger partial charge in [-0.1, -0.05) is 11.6 Å². The van der Waals surface area contributed by atoms with Gasteiger partial charge in [0.05, 0.1) is 4.92 Å². The molecule has 0 radical (unpaired) electrons. The Morgan fingerprint density at radius 2 is 1.89 bits per heavy atom. The molecule has 150 valence electrons. The fourth-order valence-electron chi connectivity index (χ4n) is 3.44. The van der Waals surface area contributed by atoms with E-state index in [4.69, 9.17) is 16.3 Å². The molecular formula is C20H25ClN4O3. The minimum absolute atomic E-state index is 0.0616. The van der Waals surface area contributed by atoms with Crippen molar-refractivity contribution in [3.05, 3.63) is 57.6 Å². The van der Waals surface area contributed by atoms with Crippen molar-refractivity contribution in [1.82, 2.24) is 5.32 Å². The lowest BCUT2D eigenvalue weighted by atomic mass is 10.1. The first-order valence-electron chi connectivity index (χ1n) is 9.34. The zero-order chi connectivity index (χ0) is 20.1. The minimum atomic E-state index is -0.366. The van der Waals surface area contributed by atoms with Crippen molar-refractivity contribution < 1.29 is 9.66 Å². The Morgan fingerprint density at radius 1 is 1.21 bits per heavy atom. The molecule has 7 nitrogen and oxygen atoms in total. The lowest BCUT2D eigenvalue weighted by molar-refractivity contribution is -0.383. The van der Waals surface area contributed by atoms with Crippen LogP contribution in [0.1, 0.15) is 13.8 Å². The van der Waals surface area contributed by atoms with Gasteiger partial charge < -0.3 is 20.3 Å². The van der Waals surface area contributed by atoms with E-state index in [0.29, 0.717) is 41.7 Å². The molecule has 0 spiro atoms. The molecule has 2 N–H and O–H groups in total. The number of nitro benzene ring substituents is 1. The van der Waals surface area contributed by atoms with Crippen LogP contribution in [0.2, 0.25) is 5.02 Å². The Labute approximate surface area is 169 Å². The van der Waals surface area contributed by atoms with Gasteiger partial charge in [0.15, 0.2) is 0 Å². The Bertz CT molecular complexity index is 806. The summed E-state index contributed by atoms with van der Waals surface area (Å²) in [6.45, 7) is 6.83. The normalized spacial score (nSPS) is 19.3. The van der Waals surface area contributed by atoms with Crippen molar-refractivity contribution in [2.24, 2.45) is 0 Å². The number of hydrogen-bond acceptors (Lipinski definition) is 6. The fourth-order valence-corrected chi connectivity index (χ4v) is 3.57. The molecular weight excluding hydrogens is 380 g/mol. The molecule has 2 aromatic carbocycles. The fraction of sp³-hybridized carbons (Fsp3) is 0.400. The first-order valence-corrected chi connectivity index (χ1v) is 9.72. The van der Waals surface area contributed by atoms with Crippen molar-refractivity contribution in [1.29, 1.82) is 0 Å². The summed E-state index contributed by atoms with van der Waals surface area (Å²) in [4.78, 5) is 13.3. The topological polar surface area (TPSA) is 79.7 Å². The second-order valence-corrected chi connectivity index (χ2v) is 7.50. The van der Waals surface area contributed by atoms with Gasteiger partial charge in [-0.25, -0.2) is 0 Å². The van der Waals surface area contributed by atoms with Gasteiger partial charge in [0.1, 0.15) is 18.0 Å². The SMILES string of the molecule is C[C@@H]1CN(c2ccc([N+](=O)[O-])c(NCCOc3ccc(Cl)cc3)c2)C[C@H](C)N1. The van der Waals surface area contributed by atoms with Crippen molar-refractivity contribution in [2.75, 3.05) is 36.5 Å². The molecule has 0 aliphatic carbocycles. The summed E-state index contributed by atoms with van der Waals surface area (Å²) >= 11 is 5.86. The number of ether oxygens (including phenoxy) is 1. The molecule has 1 aliphatic rings. The predicted molar refractivity (Wildman–Crippen MR) is 113 cm³/mol. The maximum atomic E-state index is 11.4. The van der Waals surface area contributed by atoms with Crippen molar-refractivity contribution in [3.8, 4) is 5.75 Å². The summed E-state index contributed by atoms with van der Waals surface area (Å²) in [5, 5.41) is 18.7. The summed E-state index contributed by atoms with van der Waals surface area (Å²) in [6, 6.07) is 13.1. The van der Waals surface area contributed by atoms with Gasteiger partial charge >= 0.3 is 0 Å². The van der Waals surface area contributed by atoms with Crippen LogP contribution in [-0.2, 0) is 0 Å². The van der Waals surface area contributed by atoms with E-state index in [2.05, 4.69) is 29.4 Å². The van der Waals surface area contributed by atoms with Gasteiger partial charge in [0, 0.05) is 48.5 Å². The van der Waals surface area contributed by atoms with E-state index in [0.717, 1.165) is 18.8 Å². The molecule has 1 fully saturated rings. The highest BCUT2D eigenvalue weighted by Gasteiger charge is 2.23. The van der Waals surface area contributed by atoms with Crippen molar-refractivity contribution >= 4 is 28.7 Å². The van der Waals surface area contributed by atoms with Crippen LogP contribution in [0, 0.1) is 10.1 Å². The van der Waals surface area contributed by atoms with Crippen LogP contribution in [0.15, 0.2) is 42.5 Å². The Balaban J connectivity index is 1.66. The number of nitrogens with zero attached hydrogens (tertiary/aromatic N) is 2. The van der Waals surface area contributed by atoms with E-state index in [1.54, 1.807) is 30.3 Å². The second kappa shape index (κ2) is 9.12. The number of halogens is 1. The maximum absolute atomic E-state index is 11.4. The molecule has 0 saturated carbocycles. The molecule has 1 heterocycles. The van der Waals surface area contributed by atoms with E-state index in [-0.39, 0.29) is 10.6 Å². The number of piperazine rings is 1. The molecule has 0 bridgehead atoms. The van der Waals surface area contributed by atoms with Crippen LogP contribution in [0.4, 0.5) is 17.1 Å². The highest BCUT2D eigenvalue weighted by molar-refractivity contribution is 6.30. The Kier molecular flexibility index (Phi) is 6.59. The number of rotatable bonds is 7. The van der Waals surface area contributed by atoms with Crippen LogP contribution < -0.4 is 20.3 Å². The number of nitro groups is 1. The molecule has 28 heavy (non-hydrogen) atoms. The number of benzene rings is 2. The molecule has 2 aromatic rings. The quantitative estimate of drug-likeness (QED) is 0.413. The third-order valence-electron chi connectivity index (χ3n) is 4.60. The largest absolute Gasteiger partial charge is 0.492 e. The third-order valence-corrected chi connectivity index (χ3v) is 4.85. The maximum Gasteiger partial charge on any atom is 0.292 e. The molecule has 0 aromatic heterocycles. The first-order chi connectivity index (χ1) is 13.4. The van der Waals surface area contributed by atoms with Crippen molar-refractivity contribution in [2.45, 2.75) is 25.9 Å². The molecule has 1 saturated heterocycles. The van der Waals surface area contributed by atoms with E-state index in [1.165, 1.54) is 0 Å². The lowest BCUT2D eigenvalue weighted by Gasteiger charge is -2.37. The summed E-state index contributed by atoms with van der Waals surface area (Å²) < 4.78 is 5.65. The molecule has 1 aliphatic heterocycles. The van der Waals surface area contributed by atoms with Crippen LogP contribution in [0.3, 0.4) is 0 Å². The summed E-state index contributed by atoms with van der Waals surface area (Å²) in [5.74, 6) is 0.707. The number of hydrogen-bond donors (Lipinski definition) is 2. The van der Waals surface area contributed by atoms with Gasteiger partial charge in [0.25, 0.3) is 5.69 Å². The third kappa shape index (κ3) is 5.27. The monoisotopic (exact) mass is 404 g/mol. The molecule has 3 rings (SSSR count). The smallest absolute Gasteiger partial charge is 0.292 e. The number of nitrogens with one attached hydrogen (secondary N) is 2. The van der Waals surface area contributed by atoms with Crippen LogP contribution in [0.25, 0.3) is 0 Å². The van der Waals surface area contributed by atoms with Crippen LogP contribution >= 0.6 is 11.6 Å². The molecule has 8 heteroatoms. The van der Waals surface area contributed by atoms with Gasteiger partial charge in [0.2, 0.25) is 0 Å². The van der Waals surface area contributed by atoms with Gasteiger partial charge in [-0.3, -0.25) is 10.1 Å². The lowest BCUT2D eigenvalue weighted by Crippen LogP contribution is -2.54. The van der Waals surface area contributed by atoms with Gasteiger partial charge in [-0.05, 0) is 50.2 Å². The highest BCUT2D eigenvalue weighted by atomic mass is 35.5. The van der Waals surface area contributed by atoms with Crippen LogP contribution in [0.5, 0.6) is 5.75 Å². The minimum Gasteiger partial charge on any atom is -0.492 e. The second-order valence-electron chi connectivity index (χ2n) is 7.06. The summed E-state index contributed by atoms with van der Waals surface area (Å²) in [6.07, 6.45) is 0. The van der Waals surface area contributed by atoms with E-state index in [9.17, 15) is 10.1 Å².